The van der Waals surface area contributed by atoms with E-state index in [2.05, 4.69) is 5.32 Å². The zero-order valence-corrected chi connectivity index (χ0v) is 19.8. The fourth-order valence-electron chi connectivity index (χ4n) is 3.41. The van der Waals surface area contributed by atoms with Crippen LogP contribution < -0.4 is 19.1 Å². The molecule has 0 spiro atoms. The molecule has 1 N–H and O–H groups in total. The summed E-state index contributed by atoms with van der Waals surface area (Å²) in [6, 6.07) is 13.1. The van der Waals surface area contributed by atoms with Crippen molar-refractivity contribution >= 4 is 27.5 Å². The molecule has 1 heterocycles. The number of carbonyl (C=O) groups is 2. The Balaban J connectivity index is 1.88. The average Bonchev–Trinajstić information content (AvgIpc) is 3.26. The van der Waals surface area contributed by atoms with E-state index in [-0.39, 0.29) is 24.9 Å². The van der Waals surface area contributed by atoms with Crippen LogP contribution in [0.15, 0.2) is 48.5 Å². The lowest BCUT2D eigenvalue weighted by molar-refractivity contribution is -0.139. The predicted molar refractivity (Wildman–Crippen MR) is 125 cm³/mol. The van der Waals surface area contributed by atoms with Crippen LogP contribution in [0.5, 0.6) is 11.5 Å². The van der Waals surface area contributed by atoms with Crippen LogP contribution in [0.1, 0.15) is 25.8 Å². The van der Waals surface area contributed by atoms with Gasteiger partial charge in [-0.3, -0.25) is 13.9 Å². The van der Waals surface area contributed by atoms with Crippen molar-refractivity contribution in [1.29, 1.82) is 0 Å². The van der Waals surface area contributed by atoms with Crippen molar-refractivity contribution in [1.82, 2.24) is 10.2 Å². The van der Waals surface area contributed by atoms with Gasteiger partial charge in [-0.25, -0.2) is 8.42 Å². The lowest BCUT2D eigenvalue weighted by Crippen LogP contribution is -2.51. The van der Waals surface area contributed by atoms with Gasteiger partial charge < -0.3 is 19.7 Å². The fraction of sp³-hybridized carbons (Fsp3) is 0.391. The maximum atomic E-state index is 13.4. The second-order valence-electron chi connectivity index (χ2n) is 7.78. The number of nitrogens with one attached hydrogen (secondary N) is 1. The Morgan fingerprint density at radius 2 is 1.79 bits per heavy atom. The van der Waals surface area contributed by atoms with E-state index in [0.29, 0.717) is 18.0 Å². The molecule has 2 amide bonds. The second-order valence-corrected chi connectivity index (χ2v) is 9.69. The number of benzene rings is 2. The molecule has 33 heavy (non-hydrogen) atoms. The Hall–Kier alpha value is -3.27. The summed E-state index contributed by atoms with van der Waals surface area (Å²) in [7, 11) is -3.81. The number of anilines is 1. The summed E-state index contributed by atoms with van der Waals surface area (Å²) < 4.78 is 36.8. The predicted octanol–water partition coefficient (Wildman–Crippen LogP) is 2.12. The highest BCUT2D eigenvalue weighted by Gasteiger charge is 2.30. The van der Waals surface area contributed by atoms with E-state index in [1.165, 1.54) is 11.0 Å². The zero-order chi connectivity index (χ0) is 24.0. The molecule has 0 saturated heterocycles. The minimum Gasteiger partial charge on any atom is -0.454 e. The average molecular weight is 476 g/mol. The van der Waals surface area contributed by atoms with Crippen molar-refractivity contribution < 1.29 is 27.5 Å². The number of ether oxygens (including phenoxy) is 2. The maximum Gasteiger partial charge on any atom is 0.244 e. The van der Waals surface area contributed by atoms with Gasteiger partial charge in [-0.1, -0.05) is 37.3 Å². The molecule has 2 aromatic rings. The van der Waals surface area contributed by atoms with Crippen LogP contribution in [0, 0.1) is 0 Å². The van der Waals surface area contributed by atoms with E-state index in [1.807, 2.05) is 37.3 Å². The van der Waals surface area contributed by atoms with Gasteiger partial charge in [0.25, 0.3) is 0 Å². The summed E-state index contributed by atoms with van der Waals surface area (Å²) >= 11 is 0. The standard InChI is InChI=1S/C23H29N3O6S/c1-4-12-24-23(28)17(2)25(14-18-8-6-5-7-9-18)22(27)15-26(33(3,29)30)19-10-11-20-21(13-19)32-16-31-20/h5-11,13,17H,4,12,14-16H2,1-3H3,(H,24,28)/t17-/m0/s1. The van der Waals surface area contributed by atoms with Crippen LogP contribution in [0.2, 0.25) is 0 Å². The fourth-order valence-corrected chi connectivity index (χ4v) is 4.25. The molecule has 3 rings (SSSR count). The number of carbonyl (C=O) groups excluding carboxylic acids is 2. The van der Waals surface area contributed by atoms with Gasteiger partial charge in [0.2, 0.25) is 28.6 Å². The molecular formula is C23H29N3O6S. The van der Waals surface area contributed by atoms with E-state index in [1.54, 1.807) is 19.1 Å². The number of amides is 2. The number of rotatable bonds is 10. The summed E-state index contributed by atoms with van der Waals surface area (Å²) in [5.74, 6) is 0.115. The first-order chi connectivity index (χ1) is 15.7. The molecule has 9 nitrogen and oxygen atoms in total. The van der Waals surface area contributed by atoms with Crippen LogP contribution in [-0.4, -0.2) is 57.3 Å². The first-order valence-electron chi connectivity index (χ1n) is 10.7. The van der Waals surface area contributed by atoms with Gasteiger partial charge in [-0.05, 0) is 31.0 Å². The topological polar surface area (TPSA) is 105 Å². The molecular weight excluding hydrogens is 446 g/mol. The highest BCUT2D eigenvalue weighted by Crippen LogP contribution is 2.36. The van der Waals surface area contributed by atoms with Gasteiger partial charge in [0.1, 0.15) is 12.6 Å². The highest BCUT2D eigenvalue weighted by atomic mass is 32.2. The Kier molecular flexibility index (Phi) is 7.80. The minimum atomic E-state index is -3.81. The van der Waals surface area contributed by atoms with Gasteiger partial charge in [0, 0.05) is 19.2 Å². The number of sulfonamides is 1. The first kappa shape index (κ1) is 24.4. The Labute approximate surface area is 194 Å². The number of hydrogen-bond acceptors (Lipinski definition) is 6. The Morgan fingerprint density at radius 1 is 1.09 bits per heavy atom. The monoisotopic (exact) mass is 475 g/mol. The lowest BCUT2D eigenvalue weighted by atomic mass is 10.1. The molecule has 0 radical (unpaired) electrons. The van der Waals surface area contributed by atoms with Gasteiger partial charge in [-0.15, -0.1) is 0 Å². The summed E-state index contributed by atoms with van der Waals surface area (Å²) in [6.45, 7) is 3.81. The molecule has 178 valence electrons. The molecule has 0 aromatic heterocycles. The van der Waals surface area contributed by atoms with Crippen molar-refractivity contribution in [3.63, 3.8) is 0 Å². The van der Waals surface area contributed by atoms with Crippen LogP contribution in [-0.2, 0) is 26.2 Å². The van der Waals surface area contributed by atoms with Crippen molar-refractivity contribution in [2.45, 2.75) is 32.9 Å². The number of hydrogen-bond donors (Lipinski definition) is 1. The second kappa shape index (κ2) is 10.6. The largest absolute Gasteiger partial charge is 0.454 e. The SMILES string of the molecule is CCCNC(=O)[C@H](C)N(Cc1ccccc1)C(=O)CN(c1ccc2c(c1)OCO2)S(C)(=O)=O. The number of nitrogens with zero attached hydrogens (tertiary/aromatic N) is 2. The van der Waals surface area contributed by atoms with E-state index < -0.39 is 28.5 Å². The third kappa shape index (κ3) is 6.16. The van der Waals surface area contributed by atoms with Crippen molar-refractivity contribution in [2.75, 3.05) is 30.4 Å². The third-order valence-electron chi connectivity index (χ3n) is 5.24. The molecule has 10 heteroatoms. The highest BCUT2D eigenvalue weighted by molar-refractivity contribution is 7.92. The van der Waals surface area contributed by atoms with E-state index in [9.17, 15) is 18.0 Å². The van der Waals surface area contributed by atoms with Crippen LogP contribution in [0.25, 0.3) is 0 Å². The van der Waals surface area contributed by atoms with Crippen LogP contribution >= 0.6 is 0 Å². The van der Waals surface area contributed by atoms with Crippen molar-refractivity contribution in [3.8, 4) is 11.5 Å². The summed E-state index contributed by atoms with van der Waals surface area (Å²) in [5, 5.41) is 2.80. The summed E-state index contributed by atoms with van der Waals surface area (Å²) in [6.07, 6.45) is 1.79. The lowest BCUT2D eigenvalue weighted by Gasteiger charge is -2.31. The van der Waals surface area contributed by atoms with Gasteiger partial charge in [0.15, 0.2) is 11.5 Å². The molecule has 2 aromatic carbocycles. The van der Waals surface area contributed by atoms with Crippen LogP contribution in [0.3, 0.4) is 0 Å². The smallest absolute Gasteiger partial charge is 0.244 e. The van der Waals surface area contributed by atoms with E-state index >= 15 is 0 Å². The molecule has 1 aliphatic rings. The maximum absolute atomic E-state index is 13.4. The Bertz CT molecular complexity index is 1090. The molecule has 0 unspecified atom stereocenters. The number of fused-ring (bicyclic) bond motifs is 1. The summed E-state index contributed by atoms with van der Waals surface area (Å²) in [5.41, 5.74) is 1.10. The molecule has 1 atom stereocenters. The summed E-state index contributed by atoms with van der Waals surface area (Å²) in [4.78, 5) is 27.5. The van der Waals surface area contributed by atoms with Gasteiger partial charge >= 0.3 is 0 Å². The van der Waals surface area contributed by atoms with Gasteiger partial charge in [-0.2, -0.15) is 0 Å². The quantitative estimate of drug-likeness (QED) is 0.564. The van der Waals surface area contributed by atoms with E-state index in [0.717, 1.165) is 22.5 Å². The Morgan fingerprint density at radius 3 is 2.45 bits per heavy atom. The third-order valence-corrected chi connectivity index (χ3v) is 6.38. The normalized spacial score (nSPS) is 13.3. The van der Waals surface area contributed by atoms with E-state index in [4.69, 9.17) is 9.47 Å². The minimum absolute atomic E-state index is 0.0475. The molecule has 0 saturated carbocycles. The molecule has 0 fully saturated rings. The zero-order valence-electron chi connectivity index (χ0n) is 19.0. The van der Waals surface area contributed by atoms with Crippen LogP contribution in [0.4, 0.5) is 5.69 Å². The van der Waals surface area contributed by atoms with Crippen molar-refractivity contribution in [3.05, 3.63) is 54.1 Å². The molecule has 0 bridgehead atoms. The molecule has 1 aliphatic heterocycles. The first-order valence-corrected chi connectivity index (χ1v) is 12.5. The van der Waals surface area contributed by atoms with Crippen molar-refractivity contribution in [2.24, 2.45) is 0 Å². The molecule has 0 aliphatic carbocycles. The van der Waals surface area contributed by atoms with Gasteiger partial charge in [0.05, 0.1) is 11.9 Å².